The van der Waals surface area contributed by atoms with Gasteiger partial charge in [0.25, 0.3) is 0 Å². The zero-order chi connectivity index (χ0) is 21.8. The number of benzene rings is 1. The van der Waals surface area contributed by atoms with Gasteiger partial charge in [-0.15, -0.1) is 11.3 Å². The van der Waals surface area contributed by atoms with Crippen molar-refractivity contribution in [3.63, 3.8) is 0 Å². The Balaban J connectivity index is 1.57. The lowest BCUT2D eigenvalue weighted by atomic mass is 9.82. The molecule has 0 aliphatic heterocycles. The third-order valence-corrected chi connectivity index (χ3v) is 9.65. The number of aliphatic hydroxyl groups is 1. The van der Waals surface area contributed by atoms with Gasteiger partial charge in [0.05, 0.1) is 6.20 Å². The Kier molecular flexibility index (Phi) is 5.49. The van der Waals surface area contributed by atoms with Crippen LogP contribution in [0.15, 0.2) is 20.9 Å². The minimum Gasteiger partial charge on any atom is -0.383 e. The molecule has 1 saturated carbocycles. The van der Waals surface area contributed by atoms with E-state index in [1.165, 1.54) is 24.6 Å². The van der Waals surface area contributed by atoms with Crippen LogP contribution in [-0.4, -0.2) is 20.3 Å². The molecule has 2 amide bonds. The van der Waals surface area contributed by atoms with Gasteiger partial charge in [-0.05, 0) is 74.1 Å². The highest BCUT2D eigenvalue weighted by Crippen LogP contribution is 2.48. The SMILES string of the molecule is C[C@@H](c1cc(Br)c2c(c1NC(=O)NS(=N)(=O)c1cnc(C(C)(C)O)s1)CC2)C1CC1. The molecule has 30 heavy (non-hydrogen) atoms. The van der Waals surface area contributed by atoms with Crippen molar-refractivity contribution in [2.24, 2.45) is 5.92 Å². The second-order valence-electron chi connectivity index (χ2n) is 8.56. The zero-order valence-corrected chi connectivity index (χ0v) is 20.3. The standard InChI is InChI=1S/C20H25BrN4O3S2/c1-10(11-4-5-11)14-8-15(21)12-6-7-13(12)17(14)24-19(26)25-30(22,28)16-9-23-18(29-16)20(2,3)27/h8-11,27H,4-7H2,1-3H3,(H3,22,24,25,26,28)/t10-,30?/m1/s1. The van der Waals surface area contributed by atoms with E-state index in [-0.39, 0.29) is 4.21 Å². The van der Waals surface area contributed by atoms with Crippen molar-refractivity contribution >= 4 is 48.9 Å². The number of rotatable bonds is 6. The molecule has 1 unspecified atom stereocenters. The van der Waals surface area contributed by atoms with Crippen LogP contribution in [0.4, 0.5) is 10.5 Å². The Morgan fingerprint density at radius 1 is 1.40 bits per heavy atom. The van der Waals surface area contributed by atoms with E-state index in [4.69, 9.17) is 4.78 Å². The second-order valence-corrected chi connectivity index (χ2v) is 12.5. The average molecular weight is 513 g/mol. The fourth-order valence-electron chi connectivity index (χ4n) is 3.74. The lowest BCUT2D eigenvalue weighted by Crippen LogP contribution is -2.34. The number of nitrogens with one attached hydrogen (secondary N) is 3. The quantitative estimate of drug-likeness (QED) is 0.440. The molecule has 0 spiro atoms. The van der Waals surface area contributed by atoms with Crippen molar-refractivity contribution in [3.8, 4) is 0 Å². The Labute approximate surface area is 188 Å². The van der Waals surface area contributed by atoms with E-state index in [2.05, 4.69) is 43.9 Å². The minimum atomic E-state index is -3.60. The summed E-state index contributed by atoms with van der Waals surface area (Å²) in [6, 6.07) is 1.42. The van der Waals surface area contributed by atoms with E-state index < -0.39 is 21.5 Å². The molecule has 2 atom stereocenters. The number of hydrogen-bond donors (Lipinski definition) is 4. The average Bonchev–Trinajstić information content (AvgIpc) is 3.29. The third kappa shape index (κ3) is 4.15. The summed E-state index contributed by atoms with van der Waals surface area (Å²) in [5, 5.41) is 13.3. The first-order valence-corrected chi connectivity index (χ1v) is 13.0. The van der Waals surface area contributed by atoms with Crippen molar-refractivity contribution in [2.75, 3.05) is 5.32 Å². The van der Waals surface area contributed by atoms with Gasteiger partial charge in [-0.25, -0.2) is 23.5 Å². The molecule has 162 valence electrons. The lowest BCUT2D eigenvalue weighted by Gasteiger charge is -2.29. The van der Waals surface area contributed by atoms with Crippen LogP contribution in [0, 0.1) is 10.7 Å². The van der Waals surface area contributed by atoms with Crippen LogP contribution >= 0.6 is 27.3 Å². The Bertz CT molecular complexity index is 1120. The largest absolute Gasteiger partial charge is 0.383 e. The van der Waals surface area contributed by atoms with Gasteiger partial charge >= 0.3 is 6.03 Å². The molecule has 2 aliphatic rings. The monoisotopic (exact) mass is 512 g/mol. The van der Waals surface area contributed by atoms with Gasteiger partial charge in [-0.3, -0.25) is 0 Å². The molecule has 4 rings (SSSR count). The summed E-state index contributed by atoms with van der Waals surface area (Å²) in [6.07, 6.45) is 5.50. The third-order valence-electron chi connectivity index (χ3n) is 5.74. The van der Waals surface area contributed by atoms with E-state index in [1.807, 2.05) is 0 Å². The van der Waals surface area contributed by atoms with Gasteiger partial charge in [-0.1, -0.05) is 22.9 Å². The number of fused-ring (bicyclic) bond motifs is 1. The van der Waals surface area contributed by atoms with Gasteiger partial charge < -0.3 is 10.4 Å². The van der Waals surface area contributed by atoms with E-state index in [1.54, 1.807) is 13.8 Å². The number of nitrogens with zero attached hydrogens (tertiary/aromatic N) is 1. The molecule has 4 N–H and O–H groups in total. The van der Waals surface area contributed by atoms with Gasteiger partial charge in [0.2, 0.25) is 0 Å². The molecule has 1 aromatic carbocycles. The topological polar surface area (TPSA) is 115 Å². The molecule has 2 aliphatic carbocycles. The number of amides is 2. The molecular weight excluding hydrogens is 488 g/mol. The number of carbonyl (C=O) groups is 1. The molecule has 7 nitrogen and oxygen atoms in total. The van der Waals surface area contributed by atoms with Crippen molar-refractivity contribution in [3.05, 3.63) is 38.4 Å². The summed E-state index contributed by atoms with van der Waals surface area (Å²) in [5.74, 6) is 0.940. The molecular formula is C20H25BrN4O3S2. The van der Waals surface area contributed by atoms with Crippen LogP contribution in [0.3, 0.4) is 0 Å². The first kappa shape index (κ1) is 21.7. The maximum absolute atomic E-state index is 12.9. The van der Waals surface area contributed by atoms with Gasteiger partial charge in [0.1, 0.15) is 14.8 Å². The minimum absolute atomic E-state index is 0.102. The fourth-order valence-corrected chi connectivity index (χ4v) is 6.52. The summed E-state index contributed by atoms with van der Waals surface area (Å²) >= 11 is 4.62. The molecule has 10 heteroatoms. The smallest absolute Gasteiger partial charge is 0.331 e. The Hall–Kier alpha value is -1.49. The van der Waals surface area contributed by atoms with E-state index in [0.29, 0.717) is 16.8 Å². The molecule has 1 aromatic heterocycles. The highest BCUT2D eigenvalue weighted by molar-refractivity contribution is 9.10. The first-order valence-electron chi connectivity index (χ1n) is 9.87. The summed E-state index contributed by atoms with van der Waals surface area (Å²) < 4.78 is 24.5. The Morgan fingerprint density at radius 3 is 2.60 bits per heavy atom. The number of anilines is 1. The molecule has 0 bridgehead atoms. The van der Waals surface area contributed by atoms with Crippen LogP contribution in [0.25, 0.3) is 0 Å². The van der Waals surface area contributed by atoms with Crippen molar-refractivity contribution in [1.82, 2.24) is 9.71 Å². The zero-order valence-electron chi connectivity index (χ0n) is 17.0. The predicted octanol–water partition coefficient (Wildman–Crippen LogP) is 4.89. The first-order chi connectivity index (χ1) is 14.0. The maximum Gasteiger partial charge on any atom is 0.331 e. The summed E-state index contributed by atoms with van der Waals surface area (Å²) in [7, 11) is -3.60. The molecule has 2 aromatic rings. The van der Waals surface area contributed by atoms with Crippen molar-refractivity contribution in [2.45, 2.75) is 62.2 Å². The Morgan fingerprint density at radius 2 is 2.07 bits per heavy atom. The van der Waals surface area contributed by atoms with Crippen molar-refractivity contribution in [1.29, 1.82) is 4.78 Å². The predicted molar refractivity (Wildman–Crippen MR) is 121 cm³/mol. The number of thiazole rings is 1. The molecule has 0 radical (unpaired) electrons. The van der Waals surface area contributed by atoms with Crippen LogP contribution < -0.4 is 10.0 Å². The number of halogens is 1. The number of aromatic nitrogens is 1. The number of carbonyl (C=O) groups excluding carboxylic acids is 1. The van der Waals surface area contributed by atoms with Crippen LogP contribution in [0.5, 0.6) is 0 Å². The van der Waals surface area contributed by atoms with Gasteiger partial charge in [0.15, 0.2) is 9.92 Å². The highest BCUT2D eigenvalue weighted by atomic mass is 79.9. The second kappa shape index (κ2) is 7.58. The lowest BCUT2D eigenvalue weighted by molar-refractivity contribution is 0.0783. The normalized spacial score (nSPS) is 18.7. The van der Waals surface area contributed by atoms with Gasteiger partial charge in [0, 0.05) is 10.2 Å². The summed E-state index contributed by atoms with van der Waals surface area (Å²) in [4.78, 5) is 16.8. The summed E-state index contributed by atoms with van der Waals surface area (Å²) in [6.45, 7) is 5.31. The van der Waals surface area contributed by atoms with Crippen LogP contribution in [-0.2, 0) is 28.4 Å². The van der Waals surface area contributed by atoms with E-state index in [0.717, 1.165) is 45.5 Å². The molecule has 1 heterocycles. The highest BCUT2D eigenvalue weighted by Gasteiger charge is 2.34. The van der Waals surface area contributed by atoms with Gasteiger partial charge in [-0.2, -0.15) is 0 Å². The molecule has 0 saturated heterocycles. The van der Waals surface area contributed by atoms with Crippen LogP contribution in [0.2, 0.25) is 0 Å². The molecule has 1 fully saturated rings. The maximum atomic E-state index is 12.9. The van der Waals surface area contributed by atoms with Crippen LogP contribution in [0.1, 0.15) is 61.2 Å². The number of urea groups is 1. The van der Waals surface area contributed by atoms with E-state index >= 15 is 0 Å². The van der Waals surface area contributed by atoms with Crippen molar-refractivity contribution < 1.29 is 14.1 Å². The number of hydrogen-bond acceptors (Lipinski definition) is 6. The van der Waals surface area contributed by atoms with E-state index in [9.17, 15) is 14.1 Å². The summed E-state index contributed by atoms with van der Waals surface area (Å²) in [5.41, 5.74) is 2.97. The fraction of sp³-hybridized carbons (Fsp3) is 0.500.